The van der Waals surface area contributed by atoms with Crippen LogP contribution in [0.5, 0.6) is 0 Å². The molecular formula is C10H17N. The third-order valence-electron chi connectivity index (χ3n) is 1.69. The van der Waals surface area contributed by atoms with Gasteiger partial charge >= 0.3 is 0 Å². The third-order valence-corrected chi connectivity index (χ3v) is 1.69. The molecule has 0 aromatic rings. The quantitative estimate of drug-likeness (QED) is 0.431. The summed E-state index contributed by atoms with van der Waals surface area (Å²) in [6.45, 7) is 13.5. The highest BCUT2D eigenvalue weighted by atomic mass is 14.7. The second-order valence-corrected chi connectivity index (χ2v) is 2.75. The van der Waals surface area contributed by atoms with E-state index in [4.69, 9.17) is 0 Å². The summed E-state index contributed by atoms with van der Waals surface area (Å²) in [6, 6.07) is 0. The molecular weight excluding hydrogens is 134 g/mol. The van der Waals surface area contributed by atoms with Gasteiger partial charge in [0.05, 0.1) is 0 Å². The summed E-state index contributed by atoms with van der Waals surface area (Å²) in [6.07, 6.45) is 2.19. The molecule has 0 radical (unpaired) electrons. The number of nitrogens with zero attached hydrogens (tertiary/aromatic N) is 1. The standard InChI is InChI=1S/C10H17N/c1-6-7-10(8(2)3)9(4)11-5/h2,5-7H2,1,3-4H3/b10-9+. The van der Waals surface area contributed by atoms with Crippen molar-refractivity contribution < 1.29 is 0 Å². The van der Waals surface area contributed by atoms with Crippen molar-refractivity contribution in [2.45, 2.75) is 33.6 Å². The zero-order chi connectivity index (χ0) is 8.85. The molecule has 0 bridgehead atoms. The topological polar surface area (TPSA) is 12.4 Å². The van der Waals surface area contributed by atoms with Crippen molar-refractivity contribution in [2.75, 3.05) is 0 Å². The Hall–Kier alpha value is -0.850. The highest BCUT2D eigenvalue weighted by Crippen LogP contribution is 2.18. The van der Waals surface area contributed by atoms with Crippen LogP contribution in [0.2, 0.25) is 0 Å². The van der Waals surface area contributed by atoms with Crippen molar-refractivity contribution in [3.8, 4) is 0 Å². The molecule has 62 valence electrons. The largest absolute Gasteiger partial charge is 0.269 e. The summed E-state index contributed by atoms with van der Waals surface area (Å²) >= 11 is 0. The summed E-state index contributed by atoms with van der Waals surface area (Å²) < 4.78 is 0. The first-order valence-corrected chi connectivity index (χ1v) is 3.95. The second kappa shape index (κ2) is 4.89. The maximum absolute atomic E-state index is 3.90. The Labute approximate surface area is 69.5 Å². The van der Waals surface area contributed by atoms with Crippen molar-refractivity contribution in [1.29, 1.82) is 0 Å². The van der Waals surface area contributed by atoms with E-state index in [1.54, 1.807) is 0 Å². The average Bonchev–Trinajstić information content (AvgIpc) is 1.98. The van der Waals surface area contributed by atoms with E-state index in [1.807, 2.05) is 13.8 Å². The van der Waals surface area contributed by atoms with Crippen molar-refractivity contribution in [2.24, 2.45) is 4.99 Å². The van der Waals surface area contributed by atoms with Crippen LogP contribution in [0.1, 0.15) is 33.6 Å². The van der Waals surface area contributed by atoms with Crippen LogP contribution in [-0.4, -0.2) is 6.72 Å². The number of rotatable bonds is 4. The van der Waals surface area contributed by atoms with E-state index < -0.39 is 0 Å². The van der Waals surface area contributed by atoms with Gasteiger partial charge in [-0.2, -0.15) is 0 Å². The van der Waals surface area contributed by atoms with E-state index in [9.17, 15) is 0 Å². The van der Waals surface area contributed by atoms with Crippen molar-refractivity contribution in [1.82, 2.24) is 0 Å². The highest BCUT2D eigenvalue weighted by molar-refractivity contribution is 5.36. The van der Waals surface area contributed by atoms with Crippen LogP contribution in [0.25, 0.3) is 0 Å². The van der Waals surface area contributed by atoms with Gasteiger partial charge in [-0.3, -0.25) is 4.99 Å². The van der Waals surface area contributed by atoms with Crippen molar-refractivity contribution >= 4 is 6.72 Å². The van der Waals surface area contributed by atoms with Crippen LogP contribution in [0.3, 0.4) is 0 Å². The van der Waals surface area contributed by atoms with Crippen LogP contribution in [0.4, 0.5) is 0 Å². The van der Waals surface area contributed by atoms with E-state index in [0.29, 0.717) is 0 Å². The molecule has 0 saturated heterocycles. The molecule has 0 saturated carbocycles. The van der Waals surface area contributed by atoms with E-state index in [1.165, 1.54) is 5.57 Å². The van der Waals surface area contributed by atoms with E-state index in [0.717, 1.165) is 24.1 Å². The fourth-order valence-electron chi connectivity index (χ4n) is 1.05. The van der Waals surface area contributed by atoms with Gasteiger partial charge in [-0.15, -0.1) is 0 Å². The molecule has 0 aromatic heterocycles. The van der Waals surface area contributed by atoms with Crippen LogP contribution >= 0.6 is 0 Å². The molecule has 0 heterocycles. The summed E-state index contributed by atoms with van der Waals surface area (Å²) in [5, 5.41) is 0. The van der Waals surface area contributed by atoms with Crippen LogP contribution in [0.15, 0.2) is 28.4 Å². The molecule has 1 nitrogen and oxygen atoms in total. The lowest BCUT2D eigenvalue weighted by Gasteiger charge is -2.06. The van der Waals surface area contributed by atoms with Crippen molar-refractivity contribution in [3.05, 3.63) is 23.4 Å². The van der Waals surface area contributed by atoms with Crippen LogP contribution in [-0.2, 0) is 0 Å². The minimum Gasteiger partial charge on any atom is -0.269 e. The van der Waals surface area contributed by atoms with E-state index in [-0.39, 0.29) is 0 Å². The highest BCUT2D eigenvalue weighted by Gasteiger charge is 2.00. The second-order valence-electron chi connectivity index (χ2n) is 2.75. The van der Waals surface area contributed by atoms with Gasteiger partial charge in [0.1, 0.15) is 0 Å². The fraction of sp³-hybridized carbons (Fsp3) is 0.500. The van der Waals surface area contributed by atoms with Gasteiger partial charge in [0.15, 0.2) is 0 Å². The Balaban J connectivity index is 4.56. The summed E-state index contributed by atoms with van der Waals surface area (Å²) in [5.74, 6) is 0. The molecule has 0 rings (SSSR count). The van der Waals surface area contributed by atoms with Gasteiger partial charge in [0.25, 0.3) is 0 Å². The molecule has 0 fully saturated rings. The lowest BCUT2D eigenvalue weighted by atomic mass is 10.0. The van der Waals surface area contributed by atoms with Gasteiger partial charge in [-0.1, -0.05) is 25.5 Å². The summed E-state index contributed by atoms with van der Waals surface area (Å²) in [7, 11) is 0. The van der Waals surface area contributed by atoms with Gasteiger partial charge in [-0.05, 0) is 32.6 Å². The summed E-state index contributed by atoms with van der Waals surface area (Å²) in [5.41, 5.74) is 3.37. The zero-order valence-corrected chi connectivity index (χ0v) is 7.78. The first kappa shape index (κ1) is 10.2. The molecule has 0 aliphatic heterocycles. The maximum atomic E-state index is 3.90. The Morgan fingerprint density at radius 1 is 1.36 bits per heavy atom. The Morgan fingerprint density at radius 3 is 2.18 bits per heavy atom. The molecule has 0 aliphatic rings. The molecule has 0 aliphatic carbocycles. The van der Waals surface area contributed by atoms with E-state index >= 15 is 0 Å². The zero-order valence-electron chi connectivity index (χ0n) is 7.78. The van der Waals surface area contributed by atoms with Crippen LogP contribution in [0, 0.1) is 0 Å². The molecule has 0 N–H and O–H groups in total. The molecule has 11 heavy (non-hydrogen) atoms. The summed E-state index contributed by atoms with van der Waals surface area (Å²) in [4.78, 5) is 3.90. The minimum atomic E-state index is 1.01. The number of hydrogen-bond donors (Lipinski definition) is 0. The number of allylic oxidation sites excluding steroid dienone is 3. The molecule has 0 aromatic carbocycles. The maximum Gasteiger partial charge on any atom is 0.0399 e. The smallest absolute Gasteiger partial charge is 0.0399 e. The minimum absolute atomic E-state index is 1.01. The number of aliphatic imine (C=N–C) groups is 1. The Morgan fingerprint density at radius 2 is 1.91 bits per heavy atom. The Bertz CT molecular complexity index is 187. The van der Waals surface area contributed by atoms with Gasteiger partial charge in [0.2, 0.25) is 0 Å². The first-order chi connectivity index (χ1) is 5.13. The molecule has 0 amide bonds. The number of hydrogen-bond acceptors (Lipinski definition) is 1. The monoisotopic (exact) mass is 151 g/mol. The lowest BCUT2D eigenvalue weighted by Crippen LogP contribution is -1.87. The lowest BCUT2D eigenvalue weighted by molar-refractivity contribution is 0.895. The Kier molecular flexibility index (Phi) is 4.51. The molecule has 1 heteroatoms. The van der Waals surface area contributed by atoms with Gasteiger partial charge in [-0.25, -0.2) is 0 Å². The van der Waals surface area contributed by atoms with E-state index in [2.05, 4.69) is 25.2 Å². The predicted octanol–water partition coefficient (Wildman–Crippen LogP) is 3.34. The van der Waals surface area contributed by atoms with Crippen molar-refractivity contribution in [3.63, 3.8) is 0 Å². The van der Waals surface area contributed by atoms with Gasteiger partial charge < -0.3 is 0 Å². The third kappa shape index (κ3) is 3.17. The molecule has 0 spiro atoms. The van der Waals surface area contributed by atoms with Gasteiger partial charge in [0, 0.05) is 5.70 Å². The first-order valence-electron chi connectivity index (χ1n) is 3.95. The predicted molar refractivity (Wildman–Crippen MR) is 52.0 cm³/mol. The fourth-order valence-corrected chi connectivity index (χ4v) is 1.05. The molecule has 0 atom stereocenters. The SMILES string of the molecule is C=N/C(C)=C(\CCC)C(=C)C. The average molecular weight is 151 g/mol. The normalized spacial score (nSPS) is 12.3. The van der Waals surface area contributed by atoms with Crippen LogP contribution < -0.4 is 0 Å². The molecule has 0 unspecified atom stereocenters.